The smallest absolute Gasteiger partial charge is 0.303 e. The van der Waals surface area contributed by atoms with Crippen molar-refractivity contribution in [2.75, 3.05) is 0 Å². The number of carboxylic acids is 1. The Morgan fingerprint density at radius 2 is 2.00 bits per heavy atom. The summed E-state index contributed by atoms with van der Waals surface area (Å²) in [7, 11) is 0. The van der Waals surface area contributed by atoms with Gasteiger partial charge in [0, 0.05) is 24.0 Å². The van der Waals surface area contributed by atoms with Gasteiger partial charge in [0.05, 0.1) is 0 Å². The van der Waals surface area contributed by atoms with Crippen LogP contribution in [-0.2, 0) is 4.79 Å². The maximum Gasteiger partial charge on any atom is 0.303 e. The van der Waals surface area contributed by atoms with Crippen molar-refractivity contribution in [3.8, 4) is 0 Å². The fourth-order valence-corrected chi connectivity index (χ4v) is 0. The molecule has 0 aliphatic heterocycles. The van der Waals surface area contributed by atoms with Crippen molar-refractivity contribution in [3.63, 3.8) is 0 Å². The van der Waals surface area contributed by atoms with Gasteiger partial charge in [-0.05, 0) is 0 Å². The van der Waals surface area contributed by atoms with Gasteiger partial charge in [0.15, 0.2) is 0 Å². The molecule has 0 rings (SSSR count). The van der Waals surface area contributed by atoms with E-state index < -0.39 is 5.97 Å². The Bertz CT molecular complexity index is 44.1. The summed E-state index contributed by atoms with van der Waals surface area (Å²) in [5, 5.41) is 7.72. The maximum atomic E-state index is 9.37. The van der Waals surface area contributed by atoms with Crippen LogP contribution in [0.1, 0.15) is 13.3 Å². The molecule has 2 nitrogen and oxygen atoms in total. The molecule has 0 bridgehead atoms. The van der Waals surface area contributed by atoms with E-state index >= 15 is 0 Å². The predicted molar refractivity (Wildman–Crippen MR) is 23.7 cm³/mol. The summed E-state index contributed by atoms with van der Waals surface area (Å²) in [6, 6.07) is 0. The second kappa shape index (κ2) is 5.01. The van der Waals surface area contributed by atoms with Crippen molar-refractivity contribution in [1.82, 2.24) is 0 Å². The Kier molecular flexibility index (Phi) is 7.84. The zero-order chi connectivity index (χ0) is 4.28. The average Bonchev–Trinajstić information content (AvgIpc) is 1.38. The van der Waals surface area contributed by atoms with Crippen LogP contribution in [0, 0.1) is 0 Å². The van der Waals surface area contributed by atoms with Crippen LogP contribution in [-0.4, -0.2) is 28.7 Å². The van der Waals surface area contributed by atoms with Crippen molar-refractivity contribution in [3.05, 3.63) is 0 Å². The third kappa shape index (κ3) is 8.99. The minimum absolute atomic E-state index is 0. The van der Waals surface area contributed by atoms with Gasteiger partial charge < -0.3 is 5.11 Å². The third-order valence-corrected chi connectivity index (χ3v) is 0.302. The molecule has 0 atom stereocenters. The van der Waals surface area contributed by atoms with Gasteiger partial charge >= 0.3 is 5.97 Å². The van der Waals surface area contributed by atoms with Crippen molar-refractivity contribution in [2.24, 2.45) is 0 Å². The largest absolute Gasteiger partial charge is 0.481 e. The summed E-state index contributed by atoms with van der Waals surface area (Å²) in [6.45, 7) is 1.60. The van der Waals surface area contributed by atoms with E-state index in [1.54, 1.807) is 6.92 Å². The zero-order valence-electron chi connectivity index (χ0n) is 3.56. The third-order valence-electron chi connectivity index (χ3n) is 0.302. The van der Waals surface area contributed by atoms with Crippen LogP contribution in [0.4, 0.5) is 0 Å². The molecular formula is C3H6GeO2. The predicted octanol–water partition coefficient (Wildman–Crippen LogP) is 0.100. The Hall–Kier alpha value is 0.0129. The Morgan fingerprint density at radius 1 is 1.83 bits per heavy atom. The first-order chi connectivity index (χ1) is 2.27. The number of aliphatic carboxylic acids is 1. The maximum absolute atomic E-state index is 9.37. The van der Waals surface area contributed by atoms with E-state index in [-0.39, 0.29) is 24.0 Å². The molecule has 0 unspecified atom stereocenters. The van der Waals surface area contributed by atoms with Gasteiger partial charge in [0.2, 0.25) is 0 Å². The van der Waals surface area contributed by atoms with Crippen LogP contribution >= 0.6 is 0 Å². The van der Waals surface area contributed by atoms with Crippen molar-refractivity contribution in [1.29, 1.82) is 0 Å². The molecule has 0 aliphatic carbocycles. The molecule has 0 fully saturated rings. The van der Waals surface area contributed by atoms with E-state index in [9.17, 15) is 4.79 Å². The molecule has 0 saturated carbocycles. The molecule has 3 heteroatoms. The molecular weight excluding hydrogens is 141 g/mol. The average molecular weight is 147 g/mol. The Balaban J connectivity index is 0. The summed E-state index contributed by atoms with van der Waals surface area (Å²) in [6.07, 6.45) is 0.222. The molecule has 0 aromatic rings. The van der Waals surface area contributed by atoms with Crippen LogP contribution in [0.25, 0.3) is 0 Å². The van der Waals surface area contributed by atoms with Gasteiger partial charge in [-0.1, -0.05) is 6.92 Å². The molecule has 0 saturated heterocycles. The van der Waals surface area contributed by atoms with E-state index in [0.717, 1.165) is 0 Å². The van der Waals surface area contributed by atoms with E-state index in [0.29, 0.717) is 0 Å². The Labute approximate surface area is 47.5 Å². The number of rotatable bonds is 1. The minimum atomic E-state index is -0.745. The van der Waals surface area contributed by atoms with Crippen molar-refractivity contribution in [2.45, 2.75) is 13.3 Å². The van der Waals surface area contributed by atoms with E-state index in [1.165, 1.54) is 0 Å². The molecule has 0 aromatic heterocycles. The summed E-state index contributed by atoms with van der Waals surface area (Å²) >= 11 is 0. The second-order valence-electron chi connectivity index (χ2n) is 0.747. The molecule has 6 heavy (non-hydrogen) atoms. The normalized spacial score (nSPS) is 6.17. The molecule has 0 spiro atoms. The van der Waals surface area contributed by atoms with Gasteiger partial charge in [-0.2, -0.15) is 0 Å². The molecule has 34 valence electrons. The standard InChI is InChI=1S/C3H6O2.Ge/c1-2-3(4)5;/h2H2,1H3,(H,4,5);. The SMILES string of the molecule is CCC(=O)O.[Ge]. The van der Waals surface area contributed by atoms with Gasteiger partial charge in [-0.25, -0.2) is 0 Å². The fourth-order valence-electron chi connectivity index (χ4n) is 0. The van der Waals surface area contributed by atoms with E-state index in [1.807, 2.05) is 0 Å². The fraction of sp³-hybridized carbons (Fsp3) is 0.667. The van der Waals surface area contributed by atoms with Gasteiger partial charge in [-0.15, -0.1) is 0 Å². The van der Waals surface area contributed by atoms with Gasteiger partial charge in [-0.3, -0.25) is 4.79 Å². The second-order valence-corrected chi connectivity index (χ2v) is 0.747. The van der Waals surface area contributed by atoms with E-state index in [2.05, 4.69) is 0 Å². The van der Waals surface area contributed by atoms with Gasteiger partial charge in [0.25, 0.3) is 0 Å². The molecule has 0 amide bonds. The summed E-state index contributed by atoms with van der Waals surface area (Å²) in [5.74, 6) is -0.745. The molecule has 1 N–H and O–H groups in total. The van der Waals surface area contributed by atoms with Crippen LogP contribution < -0.4 is 0 Å². The first-order valence-electron chi connectivity index (χ1n) is 1.49. The summed E-state index contributed by atoms with van der Waals surface area (Å²) in [4.78, 5) is 9.37. The topological polar surface area (TPSA) is 37.3 Å². The quantitative estimate of drug-likeness (QED) is 0.533. The first kappa shape index (κ1) is 9.38. The number of carboxylic acid groups (broad SMARTS) is 1. The molecule has 4 radical (unpaired) electrons. The first-order valence-corrected chi connectivity index (χ1v) is 1.49. The van der Waals surface area contributed by atoms with Crippen LogP contribution in [0.3, 0.4) is 0 Å². The van der Waals surface area contributed by atoms with Gasteiger partial charge in [0.1, 0.15) is 0 Å². The molecule has 0 aromatic carbocycles. The Morgan fingerprint density at radius 3 is 2.00 bits per heavy atom. The molecule has 0 heterocycles. The number of hydrogen-bond donors (Lipinski definition) is 1. The van der Waals surface area contributed by atoms with Crippen LogP contribution in [0.15, 0.2) is 0 Å². The monoisotopic (exact) mass is 148 g/mol. The van der Waals surface area contributed by atoms with Crippen molar-refractivity contribution >= 4 is 23.6 Å². The van der Waals surface area contributed by atoms with Crippen molar-refractivity contribution < 1.29 is 9.90 Å². The zero-order valence-corrected chi connectivity index (χ0v) is 5.66. The number of hydrogen-bond acceptors (Lipinski definition) is 1. The van der Waals surface area contributed by atoms with Crippen LogP contribution in [0.2, 0.25) is 0 Å². The number of carbonyl (C=O) groups is 1. The summed E-state index contributed by atoms with van der Waals surface area (Å²) < 4.78 is 0. The van der Waals surface area contributed by atoms with Crippen LogP contribution in [0.5, 0.6) is 0 Å². The summed E-state index contributed by atoms with van der Waals surface area (Å²) in [5.41, 5.74) is 0. The molecule has 0 aliphatic rings. The van der Waals surface area contributed by atoms with E-state index in [4.69, 9.17) is 5.11 Å². The minimum Gasteiger partial charge on any atom is -0.481 e.